The second-order valence-electron chi connectivity index (χ2n) is 11.3. The predicted molar refractivity (Wildman–Crippen MR) is 125 cm³/mol. The first kappa shape index (κ1) is 23.5. The van der Waals surface area contributed by atoms with E-state index in [4.69, 9.17) is 23.5 Å². The van der Waals surface area contributed by atoms with Gasteiger partial charge in [0.05, 0.1) is 18.8 Å². The van der Waals surface area contributed by atoms with Crippen molar-refractivity contribution in [1.82, 2.24) is 5.32 Å². The van der Waals surface area contributed by atoms with Gasteiger partial charge in [-0.2, -0.15) is 0 Å². The molecule has 4 fully saturated rings. The number of hydrogen-bond donors (Lipinski definition) is 1. The van der Waals surface area contributed by atoms with E-state index in [9.17, 15) is 9.59 Å². The van der Waals surface area contributed by atoms with Gasteiger partial charge in [0, 0.05) is 26.3 Å². The molecular weight excluding hydrogens is 437 g/mol. The standard InChI is InChI=1S/C25H34BNO7/c1-23(2)15-9-18(23)25(5)19(10-15)33-26(34-25)11-14(12-27-13-28)16-7-8-17(30-6)20-21(16)31-24(3,4)32-22(20)29/h7-8,13-15,18-19H,9-12H2,1-6H3,(H,27,28)/t14?,15?,18?,19?,25-/m0/s1. The summed E-state index contributed by atoms with van der Waals surface area (Å²) in [6, 6.07) is 3.62. The molecule has 2 bridgehead atoms. The first-order valence-electron chi connectivity index (χ1n) is 12.1. The van der Waals surface area contributed by atoms with Crippen LogP contribution in [0.15, 0.2) is 12.1 Å². The van der Waals surface area contributed by atoms with Gasteiger partial charge in [-0.3, -0.25) is 4.79 Å². The van der Waals surface area contributed by atoms with E-state index in [1.807, 2.05) is 6.07 Å². The number of rotatable bonds is 7. The molecule has 1 saturated heterocycles. The molecular formula is C25H34BNO7. The quantitative estimate of drug-likeness (QED) is 0.370. The molecule has 0 spiro atoms. The molecule has 34 heavy (non-hydrogen) atoms. The Bertz CT molecular complexity index is 1010. The topological polar surface area (TPSA) is 92.3 Å². The summed E-state index contributed by atoms with van der Waals surface area (Å²) in [4.78, 5) is 24.0. The van der Waals surface area contributed by atoms with Crippen LogP contribution in [0.1, 0.15) is 69.3 Å². The summed E-state index contributed by atoms with van der Waals surface area (Å²) >= 11 is 0. The summed E-state index contributed by atoms with van der Waals surface area (Å²) in [6.07, 6.45) is 3.46. The highest BCUT2D eigenvalue weighted by atomic mass is 16.7. The van der Waals surface area contributed by atoms with E-state index in [0.29, 0.717) is 42.6 Å². The van der Waals surface area contributed by atoms with Crippen molar-refractivity contribution in [3.05, 3.63) is 23.3 Å². The average Bonchev–Trinajstić information content (AvgIpc) is 3.10. The van der Waals surface area contributed by atoms with E-state index in [0.717, 1.165) is 12.0 Å². The van der Waals surface area contributed by atoms with E-state index < -0.39 is 18.9 Å². The van der Waals surface area contributed by atoms with Gasteiger partial charge in [-0.05, 0) is 55.0 Å². The van der Waals surface area contributed by atoms with Crippen molar-refractivity contribution in [2.75, 3.05) is 13.7 Å². The third kappa shape index (κ3) is 3.50. The maximum atomic E-state index is 12.8. The maximum Gasteiger partial charge on any atom is 0.458 e. The molecule has 2 aliphatic heterocycles. The smallest absolute Gasteiger partial charge is 0.458 e. The third-order valence-corrected chi connectivity index (χ3v) is 8.63. The Balaban J connectivity index is 1.45. The van der Waals surface area contributed by atoms with E-state index in [-0.39, 0.29) is 28.6 Å². The van der Waals surface area contributed by atoms with Crippen LogP contribution in [0.25, 0.3) is 0 Å². The van der Waals surface area contributed by atoms with E-state index >= 15 is 0 Å². The fourth-order valence-corrected chi connectivity index (χ4v) is 6.71. The Morgan fingerprint density at radius 2 is 1.97 bits per heavy atom. The predicted octanol–water partition coefficient (Wildman–Crippen LogP) is 3.54. The summed E-state index contributed by atoms with van der Waals surface area (Å²) in [5, 5.41) is 2.80. The fourth-order valence-electron chi connectivity index (χ4n) is 6.71. The van der Waals surface area contributed by atoms with Gasteiger partial charge >= 0.3 is 13.1 Å². The summed E-state index contributed by atoms with van der Waals surface area (Å²) in [6.45, 7) is 10.6. The zero-order valence-electron chi connectivity index (χ0n) is 20.8. The fraction of sp³-hybridized carbons (Fsp3) is 0.680. The summed E-state index contributed by atoms with van der Waals surface area (Å²) in [5.41, 5.74) is 0.989. The van der Waals surface area contributed by atoms with E-state index in [1.165, 1.54) is 13.5 Å². The molecule has 9 heteroatoms. The van der Waals surface area contributed by atoms with Crippen LogP contribution in [-0.4, -0.2) is 50.6 Å². The van der Waals surface area contributed by atoms with Crippen LogP contribution in [0.5, 0.6) is 11.5 Å². The zero-order chi connectivity index (χ0) is 24.5. The molecule has 0 radical (unpaired) electrons. The molecule has 1 aromatic carbocycles. The van der Waals surface area contributed by atoms with Crippen LogP contribution in [0.2, 0.25) is 6.32 Å². The van der Waals surface area contributed by atoms with Crippen molar-refractivity contribution >= 4 is 19.5 Å². The Labute approximate surface area is 201 Å². The number of amides is 1. The summed E-state index contributed by atoms with van der Waals surface area (Å²) in [5.74, 6) is 0.111. The van der Waals surface area contributed by atoms with Crippen LogP contribution in [0.3, 0.4) is 0 Å². The number of cyclic esters (lactones) is 1. The first-order valence-corrected chi connectivity index (χ1v) is 12.1. The minimum Gasteiger partial charge on any atom is -0.496 e. The summed E-state index contributed by atoms with van der Waals surface area (Å²) < 4.78 is 30.1. The molecule has 8 nitrogen and oxygen atoms in total. The van der Waals surface area contributed by atoms with Crippen molar-refractivity contribution in [3.8, 4) is 11.5 Å². The van der Waals surface area contributed by atoms with Crippen LogP contribution in [0.4, 0.5) is 0 Å². The third-order valence-electron chi connectivity index (χ3n) is 8.63. The molecule has 3 aliphatic carbocycles. The van der Waals surface area contributed by atoms with Gasteiger partial charge in [-0.1, -0.05) is 19.9 Å². The number of nitrogens with one attached hydrogen (secondary N) is 1. The number of carbonyl (C=O) groups excluding carboxylic acids is 2. The second kappa shape index (κ2) is 7.88. The molecule has 1 amide bonds. The van der Waals surface area contributed by atoms with Crippen LogP contribution in [0, 0.1) is 17.3 Å². The van der Waals surface area contributed by atoms with Crippen LogP contribution >= 0.6 is 0 Å². The Hall–Kier alpha value is -2.26. The van der Waals surface area contributed by atoms with Crippen LogP contribution < -0.4 is 14.8 Å². The van der Waals surface area contributed by atoms with Crippen LogP contribution in [-0.2, 0) is 18.8 Å². The second-order valence-corrected chi connectivity index (χ2v) is 11.3. The van der Waals surface area contributed by atoms with Gasteiger partial charge in [0.15, 0.2) is 0 Å². The molecule has 184 valence electrons. The highest BCUT2D eigenvalue weighted by Crippen LogP contribution is 2.66. The largest absolute Gasteiger partial charge is 0.496 e. The number of carbonyl (C=O) groups is 2. The van der Waals surface area contributed by atoms with Crippen molar-refractivity contribution in [2.24, 2.45) is 17.3 Å². The lowest BCUT2D eigenvalue weighted by molar-refractivity contribution is -0.199. The van der Waals surface area contributed by atoms with Gasteiger partial charge in [0.2, 0.25) is 12.2 Å². The van der Waals surface area contributed by atoms with Crippen molar-refractivity contribution in [2.45, 2.75) is 77.2 Å². The van der Waals surface area contributed by atoms with Gasteiger partial charge < -0.3 is 28.8 Å². The molecule has 3 saturated carbocycles. The molecule has 0 aromatic heterocycles. The minimum absolute atomic E-state index is 0.0731. The number of methoxy groups -OCH3 is 1. The van der Waals surface area contributed by atoms with Gasteiger partial charge in [-0.15, -0.1) is 0 Å². The van der Waals surface area contributed by atoms with Crippen molar-refractivity contribution < 1.29 is 33.1 Å². The SMILES string of the molecule is COc1ccc(C(CNC=O)CB2OC3CC4CC(C4(C)C)[C@]3(C)O2)c2c1C(=O)OC(C)(C)O2. The highest BCUT2D eigenvalue weighted by Gasteiger charge is 2.67. The normalized spacial score (nSPS) is 32.9. The Morgan fingerprint density at radius 1 is 1.21 bits per heavy atom. The maximum absolute atomic E-state index is 12.8. The minimum atomic E-state index is -1.12. The highest BCUT2D eigenvalue weighted by molar-refractivity contribution is 6.45. The molecule has 4 unspecified atom stereocenters. The number of fused-ring (bicyclic) bond motifs is 1. The molecule has 1 N–H and O–H groups in total. The number of hydrogen-bond acceptors (Lipinski definition) is 7. The summed E-state index contributed by atoms with van der Waals surface area (Å²) in [7, 11) is 1.09. The van der Waals surface area contributed by atoms with Gasteiger partial charge in [0.25, 0.3) is 0 Å². The number of ether oxygens (including phenoxy) is 3. The monoisotopic (exact) mass is 471 g/mol. The van der Waals surface area contributed by atoms with Crippen molar-refractivity contribution in [1.29, 1.82) is 0 Å². The molecule has 6 rings (SSSR count). The number of benzene rings is 1. The Kier molecular flexibility index (Phi) is 5.44. The number of esters is 1. The Morgan fingerprint density at radius 3 is 2.65 bits per heavy atom. The molecule has 1 aromatic rings. The van der Waals surface area contributed by atoms with E-state index in [2.05, 4.69) is 26.1 Å². The molecule has 2 heterocycles. The van der Waals surface area contributed by atoms with Crippen molar-refractivity contribution in [3.63, 3.8) is 0 Å². The molecule has 5 atom stereocenters. The zero-order valence-corrected chi connectivity index (χ0v) is 20.8. The lowest BCUT2D eigenvalue weighted by Crippen LogP contribution is -2.65. The van der Waals surface area contributed by atoms with E-state index in [1.54, 1.807) is 19.9 Å². The first-order chi connectivity index (χ1) is 16.0. The lowest BCUT2D eigenvalue weighted by Gasteiger charge is -2.64. The average molecular weight is 471 g/mol. The lowest BCUT2D eigenvalue weighted by atomic mass is 9.43. The van der Waals surface area contributed by atoms with Gasteiger partial charge in [-0.25, -0.2) is 4.79 Å². The van der Waals surface area contributed by atoms with Gasteiger partial charge in [0.1, 0.15) is 17.1 Å². The molecule has 5 aliphatic rings.